The van der Waals surface area contributed by atoms with Crippen LogP contribution in [0.25, 0.3) is 0 Å². The van der Waals surface area contributed by atoms with Gasteiger partial charge in [-0.2, -0.15) is 0 Å². The molecular weight excluding hydrogens is 220 g/mol. The van der Waals surface area contributed by atoms with Crippen molar-refractivity contribution in [3.05, 3.63) is 0 Å². The third-order valence-corrected chi connectivity index (χ3v) is 2.87. The van der Waals surface area contributed by atoms with Crippen molar-refractivity contribution in [2.24, 2.45) is 11.8 Å². The van der Waals surface area contributed by atoms with Crippen LogP contribution in [0.2, 0.25) is 0 Å². The normalized spacial score (nSPS) is 17.4. The Hall–Kier alpha value is -1.10. The average molecular weight is 242 g/mol. The van der Waals surface area contributed by atoms with E-state index in [1.54, 1.807) is 0 Å². The van der Waals surface area contributed by atoms with E-state index in [4.69, 9.17) is 4.74 Å². The van der Waals surface area contributed by atoms with Crippen LogP contribution in [0.15, 0.2) is 0 Å². The van der Waals surface area contributed by atoms with Crippen molar-refractivity contribution in [1.29, 1.82) is 0 Å². The van der Waals surface area contributed by atoms with E-state index in [0.29, 0.717) is 24.7 Å². The lowest BCUT2D eigenvalue weighted by Gasteiger charge is -2.27. The molecule has 0 aromatic heterocycles. The van der Waals surface area contributed by atoms with E-state index in [2.05, 4.69) is 10.6 Å². The maximum absolute atomic E-state index is 11.7. The van der Waals surface area contributed by atoms with Gasteiger partial charge in [-0.25, -0.2) is 4.79 Å². The Morgan fingerprint density at radius 2 is 2.06 bits per heavy atom. The van der Waals surface area contributed by atoms with Gasteiger partial charge in [0.2, 0.25) is 5.91 Å². The number of amides is 1. The van der Waals surface area contributed by atoms with E-state index in [1.165, 1.54) is 7.11 Å². The highest BCUT2D eigenvalue weighted by atomic mass is 16.5. The van der Waals surface area contributed by atoms with Crippen LogP contribution in [0.4, 0.5) is 0 Å². The van der Waals surface area contributed by atoms with Gasteiger partial charge in [0.15, 0.2) is 0 Å². The van der Waals surface area contributed by atoms with Gasteiger partial charge in [0.05, 0.1) is 7.11 Å². The summed E-state index contributed by atoms with van der Waals surface area (Å²) in [5.74, 6) is 0.323. The van der Waals surface area contributed by atoms with E-state index in [9.17, 15) is 9.59 Å². The second kappa shape index (κ2) is 6.59. The molecule has 17 heavy (non-hydrogen) atoms. The lowest BCUT2D eigenvalue weighted by molar-refractivity contribution is -0.145. The Bertz CT molecular complexity index is 275. The summed E-state index contributed by atoms with van der Waals surface area (Å²) in [5, 5.41) is 5.87. The van der Waals surface area contributed by atoms with Crippen LogP contribution in [0.3, 0.4) is 0 Å². The first-order valence-electron chi connectivity index (χ1n) is 6.10. The molecule has 98 valence electrons. The largest absolute Gasteiger partial charge is 0.467 e. The van der Waals surface area contributed by atoms with E-state index in [1.807, 2.05) is 13.8 Å². The zero-order valence-corrected chi connectivity index (χ0v) is 10.8. The maximum atomic E-state index is 11.7. The molecule has 1 heterocycles. The van der Waals surface area contributed by atoms with Crippen molar-refractivity contribution < 1.29 is 14.3 Å². The number of carbonyl (C=O) groups is 2. The van der Waals surface area contributed by atoms with Crippen molar-refractivity contribution in [3.8, 4) is 0 Å². The standard InChI is InChI=1S/C12H22N2O3/c1-8(2)4-10(12(16)17-3)14-11(15)5-9-6-13-7-9/h8-10,13H,4-7H2,1-3H3,(H,14,15)/t10-/m0/s1. The summed E-state index contributed by atoms with van der Waals surface area (Å²) in [6.45, 7) is 5.80. The first kappa shape index (κ1) is 14.0. The number of esters is 1. The van der Waals surface area contributed by atoms with Crippen LogP contribution in [-0.4, -0.2) is 38.1 Å². The summed E-state index contributed by atoms with van der Waals surface area (Å²) in [6.07, 6.45) is 1.10. The van der Waals surface area contributed by atoms with E-state index >= 15 is 0 Å². The second-order valence-electron chi connectivity index (χ2n) is 5.00. The van der Waals surface area contributed by atoms with Gasteiger partial charge in [-0.15, -0.1) is 0 Å². The molecular formula is C12H22N2O3. The minimum absolute atomic E-state index is 0.0625. The highest BCUT2D eigenvalue weighted by molar-refractivity contribution is 5.84. The molecule has 0 aromatic rings. The van der Waals surface area contributed by atoms with Crippen molar-refractivity contribution in [2.45, 2.75) is 32.7 Å². The topological polar surface area (TPSA) is 67.4 Å². The molecule has 5 heteroatoms. The summed E-state index contributed by atoms with van der Waals surface area (Å²) >= 11 is 0. The molecule has 1 atom stereocenters. The number of rotatable bonds is 6. The van der Waals surface area contributed by atoms with Gasteiger partial charge in [-0.05, 0) is 31.3 Å². The van der Waals surface area contributed by atoms with Gasteiger partial charge in [0.1, 0.15) is 6.04 Å². The molecule has 0 aromatic carbocycles. The molecule has 1 saturated heterocycles. The zero-order chi connectivity index (χ0) is 12.8. The maximum Gasteiger partial charge on any atom is 0.328 e. The van der Waals surface area contributed by atoms with Crippen LogP contribution in [0.5, 0.6) is 0 Å². The third kappa shape index (κ3) is 4.73. The van der Waals surface area contributed by atoms with Gasteiger partial charge < -0.3 is 15.4 Å². The lowest BCUT2D eigenvalue weighted by Crippen LogP contribution is -2.47. The molecule has 0 saturated carbocycles. The molecule has 1 fully saturated rings. The third-order valence-electron chi connectivity index (χ3n) is 2.87. The van der Waals surface area contributed by atoms with Crippen molar-refractivity contribution >= 4 is 11.9 Å². The number of hydrogen-bond donors (Lipinski definition) is 2. The molecule has 0 aliphatic carbocycles. The molecule has 1 aliphatic rings. The highest BCUT2D eigenvalue weighted by Gasteiger charge is 2.25. The summed E-state index contributed by atoms with van der Waals surface area (Å²) in [7, 11) is 1.34. The fourth-order valence-electron chi connectivity index (χ4n) is 1.84. The predicted octanol–water partition coefficient (Wildman–Crippen LogP) is 0.300. The molecule has 1 aliphatic heterocycles. The number of ether oxygens (including phenoxy) is 1. The highest BCUT2D eigenvalue weighted by Crippen LogP contribution is 2.10. The van der Waals surface area contributed by atoms with Crippen LogP contribution >= 0.6 is 0 Å². The Balaban J connectivity index is 2.40. The first-order valence-corrected chi connectivity index (χ1v) is 6.10. The molecule has 1 amide bonds. The van der Waals surface area contributed by atoms with Crippen LogP contribution in [0.1, 0.15) is 26.7 Å². The Kier molecular flexibility index (Phi) is 5.41. The molecule has 0 unspecified atom stereocenters. The van der Waals surface area contributed by atoms with Gasteiger partial charge in [-0.1, -0.05) is 13.8 Å². The first-order chi connectivity index (χ1) is 8.02. The smallest absolute Gasteiger partial charge is 0.328 e. The van der Waals surface area contributed by atoms with E-state index in [-0.39, 0.29) is 11.9 Å². The summed E-state index contributed by atoms with van der Waals surface area (Å²) < 4.78 is 4.69. The molecule has 1 rings (SSSR count). The second-order valence-corrected chi connectivity index (χ2v) is 5.00. The quantitative estimate of drug-likeness (QED) is 0.657. The SMILES string of the molecule is COC(=O)[C@H](CC(C)C)NC(=O)CC1CNC1. The summed E-state index contributed by atoms with van der Waals surface area (Å²) in [4.78, 5) is 23.2. The van der Waals surface area contributed by atoms with E-state index < -0.39 is 6.04 Å². The zero-order valence-electron chi connectivity index (χ0n) is 10.8. The van der Waals surface area contributed by atoms with Crippen LogP contribution < -0.4 is 10.6 Å². The van der Waals surface area contributed by atoms with Crippen molar-refractivity contribution in [3.63, 3.8) is 0 Å². The van der Waals surface area contributed by atoms with Crippen LogP contribution in [-0.2, 0) is 14.3 Å². The number of methoxy groups -OCH3 is 1. The molecule has 5 nitrogen and oxygen atoms in total. The number of carbonyl (C=O) groups excluding carboxylic acids is 2. The average Bonchev–Trinajstić information content (AvgIpc) is 2.21. The minimum Gasteiger partial charge on any atom is -0.467 e. The number of nitrogens with one attached hydrogen (secondary N) is 2. The fraction of sp³-hybridized carbons (Fsp3) is 0.833. The summed E-state index contributed by atoms with van der Waals surface area (Å²) in [5.41, 5.74) is 0. The predicted molar refractivity (Wildman–Crippen MR) is 64.4 cm³/mol. The van der Waals surface area contributed by atoms with Gasteiger partial charge in [-0.3, -0.25) is 4.79 Å². The fourth-order valence-corrected chi connectivity index (χ4v) is 1.84. The Morgan fingerprint density at radius 3 is 2.47 bits per heavy atom. The van der Waals surface area contributed by atoms with E-state index in [0.717, 1.165) is 13.1 Å². The van der Waals surface area contributed by atoms with Gasteiger partial charge in [0.25, 0.3) is 0 Å². The van der Waals surface area contributed by atoms with Crippen molar-refractivity contribution in [1.82, 2.24) is 10.6 Å². The monoisotopic (exact) mass is 242 g/mol. The van der Waals surface area contributed by atoms with Crippen LogP contribution in [0, 0.1) is 11.8 Å². The van der Waals surface area contributed by atoms with Crippen molar-refractivity contribution in [2.75, 3.05) is 20.2 Å². The lowest BCUT2D eigenvalue weighted by atomic mass is 9.98. The molecule has 2 N–H and O–H groups in total. The minimum atomic E-state index is -0.513. The molecule has 0 radical (unpaired) electrons. The number of hydrogen-bond acceptors (Lipinski definition) is 4. The Labute approximate surface area is 102 Å². The molecule has 0 bridgehead atoms. The van der Waals surface area contributed by atoms with Gasteiger partial charge in [0, 0.05) is 6.42 Å². The molecule has 0 spiro atoms. The summed E-state index contributed by atoms with van der Waals surface area (Å²) in [6, 6.07) is -0.513. The van der Waals surface area contributed by atoms with Gasteiger partial charge >= 0.3 is 5.97 Å². The Morgan fingerprint density at radius 1 is 1.41 bits per heavy atom.